The van der Waals surface area contributed by atoms with Crippen LogP contribution in [-0.2, 0) is 19.6 Å². The van der Waals surface area contributed by atoms with Crippen LogP contribution in [0, 0.1) is 0 Å². The van der Waals surface area contributed by atoms with Crippen molar-refractivity contribution in [3.05, 3.63) is 29.8 Å². The van der Waals surface area contributed by atoms with Crippen molar-refractivity contribution in [1.29, 1.82) is 0 Å². The molecule has 2 saturated heterocycles. The molecule has 3 rings (SSSR count). The first kappa shape index (κ1) is 21.7. The SMILES string of the molecule is CC(=O)NC1CCN(C(=O)c2ccc(S(=O)(=O)N3CC(C)OC(C)C3)cc2)CC1. The Labute approximate surface area is 172 Å². The van der Waals surface area contributed by atoms with Crippen LogP contribution in [0.1, 0.15) is 44.0 Å². The van der Waals surface area contributed by atoms with Crippen LogP contribution < -0.4 is 5.32 Å². The highest BCUT2D eigenvalue weighted by Gasteiger charge is 2.32. The quantitative estimate of drug-likeness (QED) is 0.786. The van der Waals surface area contributed by atoms with E-state index in [4.69, 9.17) is 4.74 Å². The van der Waals surface area contributed by atoms with Crippen molar-refractivity contribution in [1.82, 2.24) is 14.5 Å². The van der Waals surface area contributed by atoms with Gasteiger partial charge in [0.05, 0.1) is 17.1 Å². The molecule has 2 aliphatic heterocycles. The number of carbonyl (C=O) groups excluding carboxylic acids is 2. The maximum absolute atomic E-state index is 12.9. The van der Waals surface area contributed by atoms with E-state index in [-0.39, 0.29) is 35.0 Å². The number of morpholine rings is 1. The molecule has 2 amide bonds. The summed E-state index contributed by atoms with van der Waals surface area (Å²) in [6.07, 6.45) is 1.11. The molecule has 1 N–H and O–H groups in total. The Bertz CT molecular complexity index is 837. The van der Waals surface area contributed by atoms with Crippen LogP contribution in [0.25, 0.3) is 0 Å². The van der Waals surface area contributed by atoms with Gasteiger partial charge in [0.2, 0.25) is 15.9 Å². The summed E-state index contributed by atoms with van der Waals surface area (Å²) in [5, 5.41) is 2.89. The number of carbonyl (C=O) groups is 2. The van der Waals surface area contributed by atoms with Gasteiger partial charge in [0, 0.05) is 44.7 Å². The van der Waals surface area contributed by atoms with E-state index in [1.807, 2.05) is 13.8 Å². The molecule has 2 atom stereocenters. The van der Waals surface area contributed by atoms with Gasteiger partial charge < -0.3 is 15.0 Å². The molecule has 0 radical (unpaired) electrons. The zero-order chi connectivity index (χ0) is 21.2. The number of rotatable bonds is 4. The fraction of sp³-hybridized carbons (Fsp3) is 0.600. The summed E-state index contributed by atoms with van der Waals surface area (Å²) in [4.78, 5) is 25.8. The molecule has 2 heterocycles. The van der Waals surface area contributed by atoms with E-state index >= 15 is 0 Å². The Morgan fingerprint density at radius 2 is 1.59 bits per heavy atom. The third-order valence-electron chi connectivity index (χ3n) is 5.31. The van der Waals surface area contributed by atoms with Gasteiger partial charge in [-0.2, -0.15) is 4.31 Å². The van der Waals surface area contributed by atoms with E-state index in [0.29, 0.717) is 44.6 Å². The smallest absolute Gasteiger partial charge is 0.253 e. The van der Waals surface area contributed by atoms with E-state index in [0.717, 1.165) is 0 Å². The van der Waals surface area contributed by atoms with Gasteiger partial charge in [0.1, 0.15) is 0 Å². The van der Waals surface area contributed by atoms with Crippen molar-refractivity contribution in [3.8, 4) is 0 Å². The van der Waals surface area contributed by atoms with Crippen molar-refractivity contribution in [2.75, 3.05) is 26.2 Å². The first-order valence-electron chi connectivity index (χ1n) is 9.99. The normalized spacial score (nSPS) is 24.3. The van der Waals surface area contributed by atoms with Crippen molar-refractivity contribution in [3.63, 3.8) is 0 Å². The van der Waals surface area contributed by atoms with E-state index in [1.165, 1.54) is 23.4 Å². The predicted octanol–water partition coefficient (Wildman–Crippen LogP) is 1.23. The Balaban J connectivity index is 1.65. The highest BCUT2D eigenvalue weighted by molar-refractivity contribution is 7.89. The van der Waals surface area contributed by atoms with E-state index < -0.39 is 10.0 Å². The molecule has 29 heavy (non-hydrogen) atoms. The molecular weight excluding hydrogens is 394 g/mol. The first-order chi connectivity index (χ1) is 13.7. The lowest BCUT2D eigenvalue weighted by Gasteiger charge is -2.34. The molecule has 0 aromatic heterocycles. The molecule has 8 nitrogen and oxygen atoms in total. The van der Waals surface area contributed by atoms with E-state index in [9.17, 15) is 18.0 Å². The molecule has 9 heteroatoms. The van der Waals surface area contributed by atoms with Crippen molar-refractivity contribution < 1.29 is 22.7 Å². The molecule has 0 spiro atoms. The zero-order valence-electron chi connectivity index (χ0n) is 17.1. The minimum atomic E-state index is -3.63. The number of hydrogen-bond acceptors (Lipinski definition) is 5. The number of nitrogens with zero attached hydrogens (tertiary/aromatic N) is 2. The number of piperidine rings is 1. The van der Waals surface area contributed by atoms with Crippen LogP contribution in [0.2, 0.25) is 0 Å². The molecule has 1 aromatic carbocycles. The van der Waals surface area contributed by atoms with Gasteiger partial charge in [-0.1, -0.05) is 0 Å². The van der Waals surface area contributed by atoms with Gasteiger partial charge >= 0.3 is 0 Å². The van der Waals surface area contributed by atoms with Crippen LogP contribution >= 0.6 is 0 Å². The first-order valence-corrected chi connectivity index (χ1v) is 11.4. The number of nitrogens with one attached hydrogen (secondary N) is 1. The lowest BCUT2D eigenvalue weighted by Crippen LogP contribution is -2.48. The second-order valence-electron chi connectivity index (χ2n) is 7.87. The summed E-state index contributed by atoms with van der Waals surface area (Å²) in [6.45, 7) is 6.96. The highest BCUT2D eigenvalue weighted by Crippen LogP contribution is 2.22. The summed E-state index contributed by atoms with van der Waals surface area (Å²) in [6, 6.07) is 6.24. The third-order valence-corrected chi connectivity index (χ3v) is 7.16. The predicted molar refractivity (Wildman–Crippen MR) is 108 cm³/mol. The summed E-state index contributed by atoms with van der Waals surface area (Å²) >= 11 is 0. The molecular formula is C20H29N3O5S. The molecule has 160 valence electrons. The molecule has 2 unspecified atom stereocenters. The summed E-state index contributed by atoms with van der Waals surface area (Å²) in [5.74, 6) is -0.181. The Kier molecular flexibility index (Phi) is 6.60. The summed E-state index contributed by atoms with van der Waals surface area (Å²) < 4.78 is 32.9. The lowest BCUT2D eigenvalue weighted by atomic mass is 10.0. The van der Waals surface area contributed by atoms with Gasteiger partial charge in [-0.25, -0.2) is 8.42 Å². The second kappa shape index (κ2) is 8.81. The molecule has 0 bridgehead atoms. The number of benzene rings is 1. The Morgan fingerprint density at radius 3 is 2.10 bits per heavy atom. The van der Waals surface area contributed by atoms with Crippen LogP contribution in [0.5, 0.6) is 0 Å². The molecule has 0 aliphatic carbocycles. The standard InChI is InChI=1S/C20H29N3O5S/c1-14-12-23(13-15(2)28-14)29(26,27)19-6-4-17(5-7-19)20(25)22-10-8-18(9-11-22)21-16(3)24/h4-7,14-15,18H,8-13H2,1-3H3,(H,21,24). The molecule has 2 aliphatic rings. The van der Waals surface area contributed by atoms with Crippen LogP contribution in [0.15, 0.2) is 29.2 Å². The van der Waals surface area contributed by atoms with Gasteiger partial charge in [0.15, 0.2) is 0 Å². The van der Waals surface area contributed by atoms with Crippen LogP contribution in [0.4, 0.5) is 0 Å². The number of sulfonamides is 1. The van der Waals surface area contributed by atoms with Crippen molar-refractivity contribution in [2.24, 2.45) is 0 Å². The van der Waals surface area contributed by atoms with Crippen LogP contribution in [-0.4, -0.2) is 73.9 Å². The number of hydrogen-bond donors (Lipinski definition) is 1. The van der Waals surface area contributed by atoms with Crippen molar-refractivity contribution in [2.45, 2.75) is 56.8 Å². The van der Waals surface area contributed by atoms with Crippen LogP contribution in [0.3, 0.4) is 0 Å². The van der Waals surface area contributed by atoms with E-state index in [1.54, 1.807) is 17.0 Å². The van der Waals surface area contributed by atoms with Gasteiger partial charge in [-0.05, 0) is 51.0 Å². The molecule has 1 aromatic rings. The molecule has 0 saturated carbocycles. The monoisotopic (exact) mass is 423 g/mol. The van der Waals surface area contributed by atoms with Gasteiger partial charge in [-0.15, -0.1) is 0 Å². The minimum absolute atomic E-state index is 0.0596. The zero-order valence-corrected chi connectivity index (χ0v) is 17.9. The fourth-order valence-corrected chi connectivity index (χ4v) is 5.53. The average molecular weight is 424 g/mol. The number of amides is 2. The third kappa shape index (κ3) is 5.15. The highest BCUT2D eigenvalue weighted by atomic mass is 32.2. The van der Waals surface area contributed by atoms with E-state index in [2.05, 4.69) is 5.32 Å². The van der Waals surface area contributed by atoms with Crippen molar-refractivity contribution >= 4 is 21.8 Å². The fourth-order valence-electron chi connectivity index (χ4n) is 3.94. The second-order valence-corrected chi connectivity index (χ2v) is 9.81. The average Bonchev–Trinajstić information content (AvgIpc) is 2.67. The Hall–Kier alpha value is -1.97. The summed E-state index contributed by atoms with van der Waals surface area (Å²) in [7, 11) is -3.63. The number of likely N-dealkylation sites (tertiary alicyclic amines) is 1. The number of ether oxygens (including phenoxy) is 1. The Morgan fingerprint density at radius 1 is 1.03 bits per heavy atom. The lowest BCUT2D eigenvalue weighted by molar-refractivity contribution is -0.119. The van der Waals surface area contributed by atoms with Gasteiger partial charge in [0.25, 0.3) is 5.91 Å². The summed E-state index contributed by atoms with van der Waals surface area (Å²) in [5.41, 5.74) is 0.464. The topological polar surface area (TPSA) is 96.0 Å². The largest absolute Gasteiger partial charge is 0.373 e. The molecule has 2 fully saturated rings. The van der Waals surface area contributed by atoms with Gasteiger partial charge in [-0.3, -0.25) is 9.59 Å². The maximum Gasteiger partial charge on any atom is 0.253 e. The maximum atomic E-state index is 12.9. The minimum Gasteiger partial charge on any atom is -0.373 e.